The Morgan fingerprint density at radius 1 is 1.22 bits per heavy atom. The monoisotopic (exact) mass is 502 g/mol. The number of aromatic amines is 1. The highest BCUT2D eigenvalue weighted by molar-refractivity contribution is 5.97. The number of aryl methyl sites for hydroxylation is 1. The molecule has 2 N–H and O–H groups in total. The zero-order valence-electron chi connectivity index (χ0n) is 22.6. The molecule has 0 aliphatic carbocycles. The number of amides is 1. The van der Waals surface area contributed by atoms with Crippen molar-refractivity contribution in [3.8, 4) is 0 Å². The maximum absolute atomic E-state index is 14.6. The summed E-state index contributed by atoms with van der Waals surface area (Å²) in [5.74, 6) is -3.46. The Kier molecular flexibility index (Phi) is 8.59. The van der Waals surface area contributed by atoms with E-state index in [1.807, 2.05) is 40.7 Å². The molecule has 1 fully saturated rings. The zero-order valence-corrected chi connectivity index (χ0v) is 22.6. The van der Waals surface area contributed by atoms with E-state index in [4.69, 9.17) is 0 Å². The van der Waals surface area contributed by atoms with Gasteiger partial charge in [-0.2, -0.15) is 0 Å². The van der Waals surface area contributed by atoms with E-state index in [9.17, 15) is 18.4 Å². The van der Waals surface area contributed by atoms with Crippen molar-refractivity contribution in [2.75, 3.05) is 31.6 Å². The van der Waals surface area contributed by atoms with Crippen molar-refractivity contribution in [3.63, 3.8) is 0 Å². The quantitative estimate of drug-likeness (QED) is 0.529. The molecule has 0 radical (unpaired) electrons. The average molecular weight is 503 g/mol. The maximum Gasteiger partial charge on any atom is 0.270 e. The Labute approximate surface area is 213 Å². The topological polar surface area (TPSA) is 68.4 Å². The summed E-state index contributed by atoms with van der Waals surface area (Å²) >= 11 is 0. The first-order valence-electron chi connectivity index (χ1n) is 12.8. The highest BCUT2D eigenvalue weighted by atomic mass is 19.3. The van der Waals surface area contributed by atoms with Crippen molar-refractivity contribution in [1.29, 1.82) is 0 Å². The number of halogens is 2. The average Bonchev–Trinajstić information content (AvgIpc) is 2.79. The lowest BCUT2D eigenvalue weighted by Gasteiger charge is -2.39. The van der Waals surface area contributed by atoms with Gasteiger partial charge in [0, 0.05) is 54.1 Å². The first-order valence-corrected chi connectivity index (χ1v) is 12.8. The molecule has 1 aliphatic rings. The number of rotatable bonds is 8. The summed E-state index contributed by atoms with van der Waals surface area (Å²) in [6.07, 6.45) is 1.87. The van der Waals surface area contributed by atoms with E-state index in [1.165, 1.54) is 12.1 Å². The summed E-state index contributed by atoms with van der Waals surface area (Å²) in [6, 6.07) is 4.96. The molecular formula is C28H40F2N4O2. The van der Waals surface area contributed by atoms with Gasteiger partial charge in [0.05, 0.1) is 0 Å². The molecule has 0 bridgehead atoms. The van der Waals surface area contributed by atoms with Crippen LogP contribution in [0.2, 0.25) is 0 Å². The molecule has 2 aromatic rings. The minimum atomic E-state index is -3.09. The zero-order chi connectivity index (χ0) is 26.8. The van der Waals surface area contributed by atoms with Crippen molar-refractivity contribution in [1.82, 2.24) is 15.2 Å². The van der Waals surface area contributed by atoms with Crippen molar-refractivity contribution in [3.05, 3.63) is 62.1 Å². The Morgan fingerprint density at radius 3 is 2.42 bits per heavy atom. The van der Waals surface area contributed by atoms with Gasteiger partial charge in [-0.25, -0.2) is 8.78 Å². The van der Waals surface area contributed by atoms with Crippen LogP contribution in [0, 0.1) is 13.8 Å². The number of benzene rings is 1. The van der Waals surface area contributed by atoms with Gasteiger partial charge in [-0.3, -0.25) is 9.59 Å². The number of H-pyrrole nitrogens is 1. The molecular weight excluding hydrogens is 462 g/mol. The minimum absolute atomic E-state index is 0.0237. The van der Waals surface area contributed by atoms with Gasteiger partial charge in [0.2, 0.25) is 0 Å². The normalized spacial score (nSPS) is 15.4. The van der Waals surface area contributed by atoms with Crippen LogP contribution < -0.4 is 15.8 Å². The lowest BCUT2D eigenvalue weighted by Crippen LogP contribution is -2.44. The molecule has 1 amide bonds. The summed E-state index contributed by atoms with van der Waals surface area (Å²) in [5.41, 5.74) is 3.23. The van der Waals surface area contributed by atoms with Crippen molar-refractivity contribution >= 4 is 11.6 Å². The molecule has 0 saturated carbocycles. The number of piperidine rings is 1. The minimum Gasteiger partial charge on any atom is -0.368 e. The van der Waals surface area contributed by atoms with Crippen LogP contribution in [-0.4, -0.2) is 48.5 Å². The van der Waals surface area contributed by atoms with E-state index in [0.717, 1.165) is 44.1 Å². The Bertz CT molecular complexity index is 1150. The van der Waals surface area contributed by atoms with Crippen LogP contribution in [0.3, 0.4) is 0 Å². The smallest absolute Gasteiger partial charge is 0.270 e. The van der Waals surface area contributed by atoms with Gasteiger partial charge in [0.1, 0.15) is 0 Å². The lowest BCUT2D eigenvalue weighted by atomic mass is 9.95. The number of hydrogen-bond donors (Lipinski definition) is 2. The van der Waals surface area contributed by atoms with Crippen molar-refractivity contribution < 1.29 is 13.6 Å². The standard InChI is InChI=1S/C28H40F2N4O2/c1-8-34(21-9-11-33(7)12-10-21)25-15-20(28(6,29)30)14-23(19(25)5)26(35)31-16-24-22(17(2)3)13-18(4)32-27(24)36/h13-15,17,21H,8-12,16H2,1-7H3,(H,31,35)(H,32,36). The van der Waals surface area contributed by atoms with E-state index in [2.05, 4.69) is 27.1 Å². The van der Waals surface area contributed by atoms with Gasteiger partial charge in [-0.05, 0) is 89.0 Å². The van der Waals surface area contributed by atoms with Crippen molar-refractivity contribution in [2.24, 2.45) is 0 Å². The fraction of sp³-hybridized carbons (Fsp3) is 0.571. The molecule has 198 valence electrons. The Balaban J connectivity index is 1.98. The molecule has 1 aliphatic heterocycles. The summed E-state index contributed by atoms with van der Waals surface area (Å²) in [6.45, 7) is 13.1. The second-order valence-electron chi connectivity index (χ2n) is 10.4. The first-order chi connectivity index (χ1) is 16.8. The van der Waals surface area contributed by atoms with E-state index < -0.39 is 11.8 Å². The van der Waals surface area contributed by atoms with Gasteiger partial charge >= 0.3 is 0 Å². The SMILES string of the molecule is CCN(c1cc(C(C)(F)F)cc(C(=O)NCc2c(C(C)C)cc(C)[nH]c2=O)c1C)C1CCN(C)CC1. The predicted octanol–water partition coefficient (Wildman–Crippen LogP) is 5.08. The van der Waals surface area contributed by atoms with E-state index in [-0.39, 0.29) is 35.2 Å². The number of alkyl halides is 2. The highest BCUT2D eigenvalue weighted by Gasteiger charge is 2.31. The lowest BCUT2D eigenvalue weighted by molar-refractivity contribution is 0.0174. The molecule has 2 heterocycles. The third kappa shape index (κ3) is 6.14. The number of hydrogen-bond acceptors (Lipinski definition) is 4. The molecule has 0 unspecified atom stereocenters. The first kappa shape index (κ1) is 27.8. The second-order valence-corrected chi connectivity index (χ2v) is 10.4. The van der Waals surface area contributed by atoms with Crippen molar-refractivity contribution in [2.45, 2.75) is 78.8 Å². The van der Waals surface area contributed by atoms with Crippen LogP contribution >= 0.6 is 0 Å². The number of anilines is 1. The van der Waals surface area contributed by atoms with Crippen LogP contribution in [0.25, 0.3) is 0 Å². The number of carbonyl (C=O) groups is 1. The Hall–Kier alpha value is -2.74. The molecule has 36 heavy (non-hydrogen) atoms. The summed E-state index contributed by atoms with van der Waals surface area (Å²) in [7, 11) is 2.09. The largest absolute Gasteiger partial charge is 0.368 e. The third-order valence-electron chi connectivity index (χ3n) is 7.26. The molecule has 1 aromatic heterocycles. The van der Waals surface area contributed by atoms with Crippen LogP contribution in [-0.2, 0) is 12.5 Å². The summed E-state index contributed by atoms with van der Waals surface area (Å²) < 4.78 is 29.1. The molecule has 0 atom stereocenters. The van der Waals surface area contributed by atoms with Gasteiger partial charge < -0.3 is 20.1 Å². The van der Waals surface area contributed by atoms with Crippen LogP contribution in [0.1, 0.15) is 84.8 Å². The molecule has 1 aromatic carbocycles. The van der Waals surface area contributed by atoms with Crippen LogP contribution in [0.15, 0.2) is 23.0 Å². The Morgan fingerprint density at radius 2 is 1.86 bits per heavy atom. The third-order valence-corrected chi connectivity index (χ3v) is 7.26. The maximum atomic E-state index is 14.6. The van der Waals surface area contributed by atoms with Gasteiger partial charge in [-0.1, -0.05) is 13.8 Å². The molecule has 0 spiro atoms. The van der Waals surface area contributed by atoms with Crippen LogP contribution in [0.4, 0.5) is 14.5 Å². The predicted molar refractivity (Wildman–Crippen MR) is 141 cm³/mol. The molecule has 6 nitrogen and oxygen atoms in total. The van der Waals surface area contributed by atoms with Gasteiger partial charge in [0.25, 0.3) is 17.4 Å². The van der Waals surface area contributed by atoms with Crippen LogP contribution in [0.5, 0.6) is 0 Å². The number of nitrogens with zero attached hydrogens (tertiary/aromatic N) is 2. The highest BCUT2D eigenvalue weighted by Crippen LogP contribution is 2.36. The van der Waals surface area contributed by atoms with E-state index in [0.29, 0.717) is 23.4 Å². The number of likely N-dealkylation sites (tertiary alicyclic amines) is 1. The second kappa shape index (κ2) is 11.1. The number of aromatic nitrogens is 1. The number of pyridine rings is 1. The number of nitrogens with one attached hydrogen (secondary N) is 2. The van der Waals surface area contributed by atoms with E-state index in [1.54, 1.807) is 0 Å². The van der Waals surface area contributed by atoms with Gasteiger partial charge in [0.15, 0.2) is 0 Å². The number of carbonyl (C=O) groups excluding carboxylic acids is 1. The molecule has 8 heteroatoms. The molecule has 1 saturated heterocycles. The summed E-state index contributed by atoms with van der Waals surface area (Å²) in [5, 5.41) is 2.83. The summed E-state index contributed by atoms with van der Waals surface area (Å²) in [4.78, 5) is 33.2. The van der Waals surface area contributed by atoms with Gasteiger partial charge in [-0.15, -0.1) is 0 Å². The fourth-order valence-corrected chi connectivity index (χ4v) is 5.12. The fourth-order valence-electron chi connectivity index (χ4n) is 5.12. The van der Waals surface area contributed by atoms with E-state index >= 15 is 0 Å². The molecule has 3 rings (SSSR count).